The second-order valence-electron chi connectivity index (χ2n) is 8.67. The van der Waals surface area contributed by atoms with Crippen LogP contribution in [0.25, 0.3) is 21.9 Å². The van der Waals surface area contributed by atoms with Gasteiger partial charge in [-0.2, -0.15) is 10.5 Å². The van der Waals surface area contributed by atoms with E-state index in [0.29, 0.717) is 53.6 Å². The van der Waals surface area contributed by atoms with E-state index in [1.54, 1.807) is 6.92 Å². The molecule has 1 aromatic heterocycles. The van der Waals surface area contributed by atoms with Gasteiger partial charge < -0.3 is 14.4 Å². The summed E-state index contributed by atoms with van der Waals surface area (Å²) < 4.78 is 12.3. The third kappa shape index (κ3) is 7.01. The molecule has 7 nitrogen and oxygen atoms in total. The molecule has 2 aromatic carbocycles. The third-order valence-corrected chi connectivity index (χ3v) is 6.95. The van der Waals surface area contributed by atoms with E-state index in [1.807, 2.05) is 84.7 Å². The molecule has 0 saturated heterocycles. The van der Waals surface area contributed by atoms with Crippen LogP contribution in [-0.4, -0.2) is 30.6 Å². The van der Waals surface area contributed by atoms with Gasteiger partial charge in [-0.25, -0.2) is 9.78 Å². The molecule has 0 atom stereocenters. The lowest BCUT2D eigenvalue weighted by atomic mass is 10.0. The fraction of sp³-hybridized carbons (Fsp3) is 0.226. The Morgan fingerprint density at radius 1 is 1.05 bits per heavy atom. The number of hydrogen-bond donors (Lipinski definition) is 0. The number of allylic oxidation sites excluding steroid dienone is 5. The van der Waals surface area contributed by atoms with Crippen molar-refractivity contribution in [2.75, 3.05) is 24.6 Å². The molecule has 0 saturated carbocycles. The van der Waals surface area contributed by atoms with E-state index in [-0.39, 0.29) is 6.61 Å². The number of aromatic nitrogens is 1. The average Bonchev–Trinajstić information content (AvgIpc) is 3.36. The molecule has 0 spiro atoms. The molecule has 0 bridgehead atoms. The van der Waals surface area contributed by atoms with Gasteiger partial charge in [-0.15, -0.1) is 11.3 Å². The van der Waals surface area contributed by atoms with Gasteiger partial charge in [0.05, 0.1) is 41.8 Å². The molecular weight excluding hydrogens is 508 g/mol. The molecule has 0 unspecified atom stereocenters. The molecule has 4 rings (SSSR count). The number of nitrogens with zero attached hydrogens (tertiary/aromatic N) is 4. The molecule has 0 aliphatic carbocycles. The molecule has 8 heteroatoms. The van der Waals surface area contributed by atoms with Gasteiger partial charge in [0, 0.05) is 18.8 Å². The summed E-state index contributed by atoms with van der Waals surface area (Å²) in [4.78, 5) is 19.8. The Morgan fingerprint density at radius 3 is 2.44 bits per heavy atom. The zero-order valence-electron chi connectivity index (χ0n) is 21.9. The van der Waals surface area contributed by atoms with E-state index in [4.69, 9.17) is 25.0 Å². The summed E-state index contributed by atoms with van der Waals surface area (Å²) in [6.07, 6.45) is 8.22. The highest BCUT2D eigenvalue weighted by atomic mass is 32.1. The lowest BCUT2D eigenvalue weighted by Crippen LogP contribution is -2.25. The molecule has 0 radical (unpaired) electrons. The number of fused-ring (bicyclic) bond motifs is 1. The van der Waals surface area contributed by atoms with Crippen molar-refractivity contribution in [3.63, 3.8) is 0 Å². The lowest BCUT2D eigenvalue weighted by molar-refractivity contribution is -0.136. The highest BCUT2D eigenvalue weighted by molar-refractivity contribution is 7.19. The average molecular weight is 537 g/mol. The monoisotopic (exact) mass is 536 g/mol. The van der Waals surface area contributed by atoms with E-state index in [9.17, 15) is 4.79 Å². The smallest absolute Gasteiger partial charge is 0.341 e. The van der Waals surface area contributed by atoms with Crippen molar-refractivity contribution in [3.8, 4) is 12.1 Å². The van der Waals surface area contributed by atoms with Crippen LogP contribution >= 0.6 is 11.3 Å². The molecule has 3 aromatic rings. The van der Waals surface area contributed by atoms with Crippen molar-refractivity contribution >= 4 is 44.9 Å². The first-order chi connectivity index (χ1) is 19.0. The van der Waals surface area contributed by atoms with Crippen LogP contribution in [0.1, 0.15) is 37.3 Å². The Labute approximate surface area is 232 Å². The number of thiazole rings is 1. The molecule has 39 heavy (non-hydrogen) atoms. The predicted molar refractivity (Wildman–Crippen MR) is 154 cm³/mol. The number of hydrogen-bond acceptors (Lipinski definition) is 8. The van der Waals surface area contributed by atoms with Crippen molar-refractivity contribution in [1.82, 2.24) is 4.98 Å². The van der Waals surface area contributed by atoms with Crippen LogP contribution in [0, 0.1) is 22.7 Å². The normalized spacial score (nSPS) is 14.2. The van der Waals surface area contributed by atoms with Gasteiger partial charge in [-0.1, -0.05) is 30.3 Å². The number of carbonyl (C=O) groups excluding carboxylic acids is 1. The number of anilines is 1. The van der Waals surface area contributed by atoms with E-state index >= 15 is 0 Å². The third-order valence-electron chi connectivity index (χ3n) is 5.90. The number of para-hydroxylation sites is 1. The number of ether oxygens (including phenoxy) is 2. The van der Waals surface area contributed by atoms with E-state index in [2.05, 4.69) is 12.1 Å². The Morgan fingerprint density at radius 2 is 1.77 bits per heavy atom. The van der Waals surface area contributed by atoms with Crippen LogP contribution in [0.3, 0.4) is 0 Å². The maximum absolute atomic E-state index is 13.1. The number of carbonyl (C=O) groups is 1. The van der Waals surface area contributed by atoms with Crippen molar-refractivity contribution in [2.45, 2.75) is 26.7 Å². The maximum Gasteiger partial charge on any atom is 0.341 e. The Kier molecular flexibility index (Phi) is 9.29. The predicted octanol–water partition coefficient (Wildman–Crippen LogP) is 6.78. The Bertz CT molecular complexity index is 1500. The van der Waals surface area contributed by atoms with Crippen LogP contribution in [0.15, 0.2) is 83.9 Å². The molecule has 1 aliphatic rings. The summed E-state index contributed by atoms with van der Waals surface area (Å²) >= 11 is 1.45. The van der Waals surface area contributed by atoms with Crippen LogP contribution in [-0.2, 0) is 14.3 Å². The first kappa shape index (κ1) is 27.4. The first-order valence-electron chi connectivity index (χ1n) is 12.6. The molecule has 1 aliphatic heterocycles. The van der Waals surface area contributed by atoms with E-state index < -0.39 is 5.97 Å². The quantitative estimate of drug-likeness (QED) is 0.208. The van der Waals surface area contributed by atoms with Crippen molar-refractivity contribution < 1.29 is 14.3 Å². The van der Waals surface area contributed by atoms with Crippen LogP contribution < -0.4 is 4.90 Å². The van der Waals surface area contributed by atoms with E-state index in [1.165, 1.54) is 11.3 Å². The molecule has 0 fully saturated rings. The number of esters is 1. The van der Waals surface area contributed by atoms with Gasteiger partial charge in [0.25, 0.3) is 0 Å². The number of benzene rings is 2. The van der Waals surface area contributed by atoms with Crippen molar-refractivity contribution in [1.29, 1.82) is 10.5 Å². The summed E-state index contributed by atoms with van der Waals surface area (Å²) in [5.41, 5.74) is 3.84. The number of nitriles is 2. The topological polar surface area (TPSA) is 99.2 Å². The van der Waals surface area contributed by atoms with Gasteiger partial charge in [-0.05, 0) is 67.5 Å². The van der Waals surface area contributed by atoms with Gasteiger partial charge in [0.15, 0.2) is 0 Å². The van der Waals surface area contributed by atoms with Crippen LogP contribution in [0.2, 0.25) is 0 Å². The van der Waals surface area contributed by atoms with Gasteiger partial charge in [0.1, 0.15) is 22.1 Å². The first-order valence-corrected chi connectivity index (χ1v) is 13.5. The van der Waals surface area contributed by atoms with Gasteiger partial charge in [0.2, 0.25) is 0 Å². The molecule has 2 heterocycles. The minimum Gasteiger partial charge on any atom is -0.462 e. The Balaban J connectivity index is 1.62. The maximum atomic E-state index is 13.1. The summed E-state index contributed by atoms with van der Waals surface area (Å²) in [5.74, 6) is 0.808. The van der Waals surface area contributed by atoms with E-state index in [0.717, 1.165) is 21.5 Å². The fourth-order valence-electron chi connectivity index (χ4n) is 4.11. The molecule has 0 amide bonds. The van der Waals surface area contributed by atoms with Crippen molar-refractivity contribution in [3.05, 3.63) is 94.4 Å². The zero-order chi connectivity index (χ0) is 27.6. The van der Waals surface area contributed by atoms with Crippen LogP contribution in [0.5, 0.6) is 0 Å². The second-order valence-corrected chi connectivity index (χ2v) is 9.70. The highest BCUT2D eigenvalue weighted by Gasteiger charge is 2.23. The standard InChI is InChI=1S/C31H28N4O3S/c1-3-37-31(36)29(30-34-27-8-4-5-9-28(27)39-30)24-20-22(2)38-26(21-24)15-12-23-10-13-25(14-11-23)35(18-6-16-32)19-7-17-33/h4-5,8-15,20-21H,3,6-7,18-19H2,1-2H3. The summed E-state index contributed by atoms with van der Waals surface area (Å²) in [5, 5.41) is 18.5. The summed E-state index contributed by atoms with van der Waals surface area (Å²) in [6, 6.07) is 20.0. The SMILES string of the molecule is CCOC(=O)C(=C1C=C(C)OC(C=Cc2ccc(N(CCC#N)CCC#N)cc2)=C1)c1nc2ccccc2s1. The van der Waals surface area contributed by atoms with Crippen LogP contribution in [0.4, 0.5) is 5.69 Å². The second kappa shape index (κ2) is 13.2. The highest BCUT2D eigenvalue weighted by Crippen LogP contribution is 2.33. The van der Waals surface area contributed by atoms with Gasteiger partial charge >= 0.3 is 5.97 Å². The minimum absolute atomic E-state index is 0.261. The zero-order valence-corrected chi connectivity index (χ0v) is 22.7. The largest absolute Gasteiger partial charge is 0.462 e. The van der Waals surface area contributed by atoms with Gasteiger partial charge in [-0.3, -0.25) is 0 Å². The summed E-state index contributed by atoms with van der Waals surface area (Å²) in [6.45, 7) is 5.04. The lowest BCUT2D eigenvalue weighted by Gasteiger charge is -2.22. The minimum atomic E-state index is -0.426. The Hall–Kier alpha value is -4.66. The fourth-order valence-corrected chi connectivity index (χ4v) is 5.13. The summed E-state index contributed by atoms with van der Waals surface area (Å²) in [7, 11) is 0. The number of rotatable bonds is 10. The van der Waals surface area contributed by atoms with Crippen molar-refractivity contribution in [2.24, 2.45) is 0 Å². The molecule has 0 N–H and O–H groups in total. The molecule has 196 valence electrons. The molecular formula is C31H28N4O3S.